The molecule has 1 rings (SSSR count). The number of aliphatic hydroxyl groups is 5. The number of esters is 2. The highest BCUT2D eigenvalue weighted by Gasteiger charge is 2.51. The van der Waals surface area contributed by atoms with E-state index in [1.807, 2.05) is 6.92 Å². The molecule has 0 radical (unpaired) electrons. The molecule has 1 aliphatic carbocycles. The van der Waals surface area contributed by atoms with Crippen molar-refractivity contribution in [3.8, 4) is 0 Å². The Hall–Kier alpha value is -1.15. The third-order valence-corrected chi connectivity index (χ3v) is 6.15. The highest BCUT2D eigenvalue weighted by molar-refractivity contribution is 7.47. The Morgan fingerprint density at radius 3 is 1.94 bits per heavy atom. The van der Waals surface area contributed by atoms with E-state index in [0.717, 1.165) is 19.3 Å². The van der Waals surface area contributed by atoms with Crippen molar-refractivity contribution in [1.82, 2.24) is 0 Å². The minimum atomic E-state index is -5.05. The molecule has 13 nitrogen and oxygen atoms in total. The van der Waals surface area contributed by atoms with Crippen molar-refractivity contribution in [1.29, 1.82) is 0 Å². The minimum Gasteiger partial charge on any atom is -0.462 e. The molecule has 0 spiro atoms. The van der Waals surface area contributed by atoms with E-state index in [9.17, 15) is 44.6 Å². The average molecular weight is 516 g/mol. The zero-order valence-corrected chi connectivity index (χ0v) is 20.3. The molecule has 1 aliphatic rings. The van der Waals surface area contributed by atoms with Gasteiger partial charge in [0.25, 0.3) is 0 Å². The predicted molar refractivity (Wildman–Crippen MR) is 115 cm³/mol. The fraction of sp³-hybridized carbons (Fsp3) is 0.900. The standard InChI is InChI=1S/C20H37O13P/c1-3-5-6-7-9-14(22)32-12(10-30-13(21)8-4-2)11-31-34(28,29)33-20-18(26)16(24)15(23)17(25)19(20)27/h12,15-20,23-27H,3-11H2,1-2H3,(H,28,29). The number of ether oxygens (including phenoxy) is 2. The highest BCUT2D eigenvalue weighted by atomic mass is 31.2. The lowest BCUT2D eigenvalue weighted by molar-refractivity contribution is -0.220. The van der Waals surface area contributed by atoms with Crippen LogP contribution >= 0.6 is 7.82 Å². The van der Waals surface area contributed by atoms with Crippen LogP contribution in [-0.4, -0.2) is 98.3 Å². The highest BCUT2D eigenvalue weighted by Crippen LogP contribution is 2.47. The second kappa shape index (κ2) is 15.1. The van der Waals surface area contributed by atoms with Crippen LogP contribution < -0.4 is 0 Å². The first-order valence-electron chi connectivity index (χ1n) is 11.3. The van der Waals surface area contributed by atoms with Gasteiger partial charge in [0.2, 0.25) is 0 Å². The van der Waals surface area contributed by atoms with Gasteiger partial charge in [-0.25, -0.2) is 4.57 Å². The molecular formula is C20H37O13P. The van der Waals surface area contributed by atoms with Gasteiger partial charge in [-0.05, 0) is 12.8 Å². The van der Waals surface area contributed by atoms with Gasteiger partial charge >= 0.3 is 19.8 Å². The SMILES string of the molecule is CCCCCCC(=O)OC(COC(=O)CCC)COP(=O)(O)OC1C(O)C(O)C(O)C(O)C1O. The normalized spacial score (nSPS) is 29.8. The van der Waals surface area contributed by atoms with Gasteiger partial charge in [0.1, 0.15) is 43.2 Å². The van der Waals surface area contributed by atoms with Crippen molar-refractivity contribution in [2.75, 3.05) is 13.2 Å². The second-order valence-electron chi connectivity index (χ2n) is 8.14. The summed E-state index contributed by atoms with van der Waals surface area (Å²) in [7, 11) is -5.05. The van der Waals surface area contributed by atoms with Crippen molar-refractivity contribution in [2.24, 2.45) is 0 Å². The lowest BCUT2D eigenvalue weighted by Gasteiger charge is -2.41. The number of unbranched alkanes of at least 4 members (excludes halogenated alkanes) is 3. The van der Waals surface area contributed by atoms with Crippen molar-refractivity contribution in [3.63, 3.8) is 0 Å². The summed E-state index contributed by atoms with van der Waals surface area (Å²) >= 11 is 0. The first-order chi connectivity index (χ1) is 15.9. The summed E-state index contributed by atoms with van der Waals surface area (Å²) in [6.07, 6.45) is -9.09. The molecule has 0 aliphatic heterocycles. The molecular weight excluding hydrogens is 479 g/mol. The number of hydrogen-bond acceptors (Lipinski definition) is 12. The van der Waals surface area contributed by atoms with E-state index in [4.69, 9.17) is 18.5 Å². The number of phosphoric acid groups is 1. The Morgan fingerprint density at radius 2 is 1.38 bits per heavy atom. The van der Waals surface area contributed by atoms with Crippen molar-refractivity contribution in [2.45, 2.75) is 102 Å². The van der Waals surface area contributed by atoms with E-state index in [-0.39, 0.29) is 12.8 Å². The van der Waals surface area contributed by atoms with Crippen molar-refractivity contribution >= 4 is 19.8 Å². The van der Waals surface area contributed by atoms with Gasteiger partial charge in [-0.1, -0.05) is 33.1 Å². The third kappa shape index (κ3) is 10.2. The summed E-state index contributed by atoms with van der Waals surface area (Å²) < 4.78 is 32.1. The van der Waals surface area contributed by atoms with E-state index in [1.165, 1.54) is 0 Å². The fourth-order valence-corrected chi connectivity index (χ4v) is 4.17. The lowest BCUT2D eigenvalue weighted by Crippen LogP contribution is -2.64. The number of carbonyl (C=O) groups excluding carboxylic acids is 2. The Balaban J connectivity index is 2.74. The van der Waals surface area contributed by atoms with Crippen LogP contribution in [0.1, 0.15) is 58.8 Å². The molecule has 6 N–H and O–H groups in total. The molecule has 0 aromatic heterocycles. The molecule has 6 atom stereocenters. The van der Waals surface area contributed by atoms with E-state index in [1.54, 1.807) is 6.92 Å². The maximum atomic E-state index is 12.4. The molecule has 1 saturated carbocycles. The first-order valence-corrected chi connectivity index (χ1v) is 12.8. The topological polar surface area (TPSA) is 210 Å². The predicted octanol–water partition coefficient (Wildman–Crippen LogP) is -0.468. The Labute approximate surface area is 198 Å². The van der Waals surface area contributed by atoms with Gasteiger partial charge in [-0.3, -0.25) is 18.6 Å². The monoisotopic (exact) mass is 516 g/mol. The smallest absolute Gasteiger partial charge is 0.462 e. The van der Waals surface area contributed by atoms with Crippen LogP contribution in [0.5, 0.6) is 0 Å². The number of carbonyl (C=O) groups is 2. The second-order valence-corrected chi connectivity index (χ2v) is 9.55. The van der Waals surface area contributed by atoms with Crippen LogP contribution in [0.3, 0.4) is 0 Å². The van der Waals surface area contributed by atoms with Crippen LogP contribution in [0.4, 0.5) is 0 Å². The Bertz CT molecular complexity index is 659. The van der Waals surface area contributed by atoms with E-state index >= 15 is 0 Å². The first kappa shape index (κ1) is 30.9. The number of phosphoric ester groups is 1. The zero-order chi connectivity index (χ0) is 25.9. The summed E-state index contributed by atoms with van der Waals surface area (Å²) in [6, 6.07) is 0. The Morgan fingerprint density at radius 1 is 0.794 bits per heavy atom. The number of aliphatic hydroxyl groups excluding tert-OH is 5. The minimum absolute atomic E-state index is 0.0885. The van der Waals surface area contributed by atoms with Gasteiger partial charge < -0.3 is 39.9 Å². The van der Waals surface area contributed by atoms with Crippen LogP contribution in [0, 0.1) is 0 Å². The van der Waals surface area contributed by atoms with Crippen molar-refractivity contribution in [3.05, 3.63) is 0 Å². The van der Waals surface area contributed by atoms with Crippen LogP contribution in [0.25, 0.3) is 0 Å². The molecule has 14 heteroatoms. The largest absolute Gasteiger partial charge is 0.472 e. The van der Waals surface area contributed by atoms with Gasteiger partial charge in [-0.2, -0.15) is 0 Å². The third-order valence-electron chi connectivity index (χ3n) is 5.17. The number of rotatable bonds is 15. The van der Waals surface area contributed by atoms with Crippen LogP contribution in [-0.2, 0) is 32.7 Å². The maximum Gasteiger partial charge on any atom is 0.472 e. The quantitative estimate of drug-likeness (QED) is 0.0925. The van der Waals surface area contributed by atoms with Gasteiger partial charge in [-0.15, -0.1) is 0 Å². The molecule has 0 amide bonds. The average Bonchev–Trinajstić information content (AvgIpc) is 2.79. The summed E-state index contributed by atoms with van der Waals surface area (Å²) in [6.45, 7) is 2.59. The van der Waals surface area contributed by atoms with Crippen LogP contribution in [0.15, 0.2) is 0 Å². The number of hydrogen-bond donors (Lipinski definition) is 6. The molecule has 0 heterocycles. The van der Waals surface area contributed by atoms with E-state index in [0.29, 0.717) is 12.8 Å². The van der Waals surface area contributed by atoms with Crippen molar-refractivity contribution < 1.29 is 63.1 Å². The fourth-order valence-electron chi connectivity index (χ4n) is 3.20. The molecule has 1 fully saturated rings. The lowest BCUT2D eigenvalue weighted by atomic mass is 9.85. The summed E-state index contributed by atoms with van der Waals surface area (Å²) in [4.78, 5) is 33.7. The molecule has 6 unspecified atom stereocenters. The van der Waals surface area contributed by atoms with Crippen LogP contribution in [0.2, 0.25) is 0 Å². The van der Waals surface area contributed by atoms with Gasteiger partial charge in [0, 0.05) is 12.8 Å². The maximum absolute atomic E-state index is 12.4. The molecule has 0 bridgehead atoms. The summed E-state index contributed by atoms with van der Waals surface area (Å²) in [5.41, 5.74) is 0. The molecule has 200 valence electrons. The summed E-state index contributed by atoms with van der Waals surface area (Å²) in [5, 5.41) is 48.9. The summed E-state index contributed by atoms with van der Waals surface area (Å²) in [5.74, 6) is -1.19. The molecule has 0 aromatic rings. The molecule has 0 saturated heterocycles. The van der Waals surface area contributed by atoms with Gasteiger partial charge in [0.15, 0.2) is 6.10 Å². The van der Waals surface area contributed by atoms with E-state index < -0.39 is 75.7 Å². The Kier molecular flexibility index (Phi) is 13.7. The zero-order valence-electron chi connectivity index (χ0n) is 19.4. The molecule has 0 aromatic carbocycles. The molecule has 34 heavy (non-hydrogen) atoms. The van der Waals surface area contributed by atoms with Gasteiger partial charge in [0.05, 0.1) is 6.61 Å². The van der Waals surface area contributed by atoms with E-state index in [2.05, 4.69) is 0 Å².